The van der Waals surface area contributed by atoms with Gasteiger partial charge in [0.25, 0.3) is 15.9 Å². The fourth-order valence-corrected chi connectivity index (χ4v) is 7.38. The molecule has 0 spiro atoms. The highest BCUT2D eigenvalue weighted by molar-refractivity contribution is 7.91. The normalized spacial score (nSPS) is 21.6. The monoisotopic (exact) mass is 410 g/mol. The number of piperazine rings is 1. The average Bonchev–Trinajstić information content (AvgIpc) is 3.31. The Kier molecular flexibility index (Phi) is 4.94. The molecule has 1 aliphatic heterocycles. The fourth-order valence-electron chi connectivity index (χ4n) is 3.64. The minimum absolute atomic E-state index is 0.0465. The maximum absolute atomic E-state index is 12.9. The van der Waals surface area contributed by atoms with Crippen molar-refractivity contribution >= 4 is 38.6 Å². The van der Waals surface area contributed by atoms with Crippen LogP contribution in [0.5, 0.6) is 0 Å². The molecule has 1 saturated heterocycles. The molecule has 2 aromatic heterocycles. The third kappa shape index (κ3) is 3.35. The van der Waals surface area contributed by atoms with Crippen molar-refractivity contribution in [2.24, 2.45) is 5.92 Å². The SMILES string of the molecule is C[C@H]1CCc2sc(C(=O)N3CCN(S(=O)(=O)c4cccs4)CC3)cc2C1. The fraction of sp³-hybridized carbons (Fsp3) is 0.500. The summed E-state index contributed by atoms with van der Waals surface area (Å²) in [5.41, 5.74) is 1.33. The minimum Gasteiger partial charge on any atom is -0.335 e. The van der Waals surface area contributed by atoms with Crippen molar-refractivity contribution in [3.8, 4) is 0 Å². The zero-order valence-electron chi connectivity index (χ0n) is 14.7. The summed E-state index contributed by atoms with van der Waals surface area (Å²) in [6.07, 6.45) is 3.33. The number of hydrogen-bond donors (Lipinski definition) is 0. The molecule has 1 fully saturated rings. The van der Waals surface area contributed by atoms with Crippen LogP contribution in [0.2, 0.25) is 0 Å². The van der Waals surface area contributed by atoms with E-state index in [4.69, 9.17) is 0 Å². The van der Waals surface area contributed by atoms with E-state index in [0.29, 0.717) is 36.3 Å². The van der Waals surface area contributed by atoms with Crippen molar-refractivity contribution in [2.75, 3.05) is 26.2 Å². The largest absolute Gasteiger partial charge is 0.335 e. The first-order valence-electron chi connectivity index (χ1n) is 8.89. The number of fused-ring (bicyclic) bond motifs is 1. The van der Waals surface area contributed by atoms with Gasteiger partial charge in [-0.25, -0.2) is 8.42 Å². The molecule has 0 bridgehead atoms. The zero-order chi connectivity index (χ0) is 18.3. The van der Waals surface area contributed by atoms with Crippen molar-refractivity contribution in [2.45, 2.75) is 30.4 Å². The van der Waals surface area contributed by atoms with Crippen LogP contribution in [0.1, 0.15) is 33.5 Å². The molecule has 8 heteroatoms. The van der Waals surface area contributed by atoms with E-state index in [0.717, 1.165) is 17.7 Å². The summed E-state index contributed by atoms with van der Waals surface area (Å²) >= 11 is 2.86. The Morgan fingerprint density at radius 3 is 2.69 bits per heavy atom. The van der Waals surface area contributed by atoms with Gasteiger partial charge < -0.3 is 4.90 Å². The van der Waals surface area contributed by atoms with Gasteiger partial charge in [0, 0.05) is 31.1 Å². The molecule has 4 rings (SSSR count). The molecule has 0 aromatic carbocycles. The summed E-state index contributed by atoms with van der Waals surface area (Å²) in [4.78, 5) is 16.8. The predicted octanol–water partition coefficient (Wildman–Crippen LogP) is 3.08. The topological polar surface area (TPSA) is 57.7 Å². The highest BCUT2D eigenvalue weighted by Gasteiger charge is 2.32. The van der Waals surface area contributed by atoms with Crippen LogP contribution in [-0.4, -0.2) is 49.7 Å². The molecule has 0 N–H and O–H groups in total. The van der Waals surface area contributed by atoms with Crippen LogP contribution < -0.4 is 0 Å². The molecule has 2 aromatic rings. The van der Waals surface area contributed by atoms with Gasteiger partial charge >= 0.3 is 0 Å². The van der Waals surface area contributed by atoms with E-state index in [1.807, 2.05) is 0 Å². The van der Waals surface area contributed by atoms with E-state index in [-0.39, 0.29) is 5.91 Å². The van der Waals surface area contributed by atoms with Gasteiger partial charge in [-0.2, -0.15) is 4.31 Å². The number of thiophene rings is 2. The summed E-state index contributed by atoms with van der Waals surface area (Å²) in [6, 6.07) is 5.44. The van der Waals surface area contributed by atoms with Crippen molar-refractivity contribution in [1.29, 1.82) is 0 Å². The predicted molar refractivity (Wildman–Crippen MR) is 104 cm³/mol. The number of nitrogens with zero attached hydrogens (tertiary/aromatic N) is 2. The second-order valence-corrected chi connectivity index (χ2v) is 11.3. The lowest BCUT2D eigenvalue weighted by Gasteiger charge is -2.33. The highest BCUT2D eigenvalue weighted by Crippen LogP contribution is 2.33. The van der Waals surface area contributed by atoms with Gasteiger partial charge in [-0.1, -0.05) is 13.0 Å². The number of carbonyl (C=O) groups excluding carboxylic acids is 1. The number of carbonyl (C=O) groups is 1. The second-order valence-electron chi connectivity index (χ2n) is 7.04. The summed E-state index contributed by atoms with van der Waals surface area (Å²) in [5, 5.41) is 1.77. The standard InChI is InChI=1S/C18H22N2O3S3/c1-13-4-5-15-14(11-13)12-16(25-15)18(21)19-6-8-20(9-7-19)26(22,23)17-3-2-10-24-17/h2-3,10,12-13H,4-9,11H2,1H3/t13-/m0/s1. The van der Waals surface area contributed by atoms with Crippen molar-refractivity contribution < 1.29 is 13.2 Å². The molecule has 26 heavy (non-hydrogen) atoms. The van der Waals surface area contributed by atoms with Crippen LogP contribution in [-0.2, 0) is 22.9 Å². The van der Waals surface area contributed by atoms with Crippen LogP contribution in [0.4, 0.5) is 0 Å². The summed E-state index contributed by atoms with van der Waals surface area (Å²) in [7, 11) is -3.42. The Hall–Kier alpha value is -1.22. The Morgan fingerprint density at radius 2 is 2.00 bits per heavy atom. The minimum atomic E-state index is -3.42. The van der Waals surface area contributed by atoms with E-state index >= 15 is 0 Å². The Balaban J connectivity index is 1.43. The average molecular weight is 411 g/mol. The smallest absolute Gasteiger partial charge is 0.264 e. The molecule has 0 radical (unpaired) electrons. The van der Waals surface area contributed by atoms with Crippen LogP contribution in [0.15, 0.2) is 27.8 Å². The van der Waals surface area contributed by atoms with E-state index in [1.54, 1.807) is 33.7 Å². The number of amides is 1. The first-order chi connectivity index (χ1) is 12.4. The lowest BCUT2D eigenvalue weighted by atomic mass is 9.90. The van der Waals surface area contributed by atoms with Crippen LogP contribution >= 0.6 is 22.7 Å². The first kappa shape index (κ1) is 18.2. The third-order valence-corrected chi connectivity index (χ3v) is 9.65. The number of hydrogen-bond acceptors (Lipinski definition) is 5. The second kappa shape index (κ2) is 7.07. The van der Waals surface area contributed by atoms with Crippen molar-refractivity contribution in [3.63, 3.8) is 0 Å². The van der Waals surface area contributed by atoms with Gasteiger partial charge in [0.1, 0.15) is 4.21 Å². The molecule has 3 heterocycles. The summed E-state index contributed by atoms with van der Waals surface area (Å²) in [5.74, 6) is 0.733. The molecule has 0 unspecified atom stereocenters. The molecule has 0 saturated carbocycles. The maximum atomic E-state index is 12.9. The van der Waals surface area contributed by atoms with Gasteiger partial charge in [-0.3, -0.25) is 4.79 Å². The van der Waals surface area contributed by atoms with E-state index in [1.165, 1.54) is 32.5 Å². The van der Waals surface area contributed by atoms with Gasteiger partial charge in [-0.05, 0) is 48.3 Å². The molecular formula is C18H22N2O3S3. The maximum Gasteiger partial charge on any atom is 0.264 e. The Labute approximate surface area is 162 Å². The molecular weight excluding hydrogens is 388 g/mol. The van der Waals surface area contributed by atoms with Crippen molar-refractivity contribution in [3.05, 3.63) is 38.9 Å². The molecule has 1 aliphatic carbocycles. The van der Waals surface area contributed by atoms with E-state index < -0.39 is 10.0 Å². The molecule has 140 valence electrons. The van der Waals surface area contributed by atoms with Crippen LogP contribution in [0.25, 0.3) is 0 Å². The molecule has 5 nitrogen and oxygen atoms in total. The Bertz CT molecular complexity index is 894. The number of aryl methyl sites for hydroxylation is 1. The number of sulfonamides is 1. The molecule has 1 atom stereocenters. The van der Waals surface area contributed by atoms with E-state index in [2.05, 4.69) is 13.0 Å². The first-order valence-corrected chi connectivity index (χ1v) is 12.0. The van der Waals surface area contributed by atoms with E-state index in [9.17, 15) is 13.2 Å². The highest BCUT2D eigenvalue weighted by atomic mass is 32.2. The quantitative estimate of drug-likeness (QED) is 0.781. The Morgan fingerprint density at radius 1 is 1.23 bits per heavy atom. The van der Waals surface area contributed by atoms with Crippen molar-refractivity contribution in [1.82, 2.24) is 9.21 Å². The van der Waals surface area contributed by atoms with Gasteiger partial charge in [0.2, 0.25) is 0 Å². The summed E-state index contributed by atoms with van der Waals surface area (Å²) < 4.78 is 27.0. The van der Waals surface area contributed by atoms with Gasteiger partial charge in [0.05, 0.1) is 4.88 Å². The lowest BCUT2D eigenvalue weighted by Crippen LogP contribution is -2.50. The third-order valence-electron chi connectivity index (χ3n) is 5.16. The lowest BCUT2D eigenvalue weighted by molar-refractivity contribution is 0.0703. The van der Waals surface area contributed by atoms with Gasteiger partial charge in [0.15, 0.2) is 0 Å². The summed E-state index contributed by atoms with van der Waals surface area (Å²) in [6.45, 7) is 3.86. The molecule has 2 aliphatic rings. The van der Waals surface area contributed by atoms with Crippen LogP contribution in [0, 0.1) is 5.92 Å². The van der Waals surface area contributed by atoms with Gasteiger partial charge in [-0.15, -0.1) is 22.7 Å². The zero-order valence-corrected chi connectivity index (χ0v) is 17.1. The van der Waals surface area contributed by atoms with Crippen LogP contribution in [0.3, 0.4) is 0 Å². The molecule has 1 amide bonds. The number of rotatable bonds is 3.